The lowest BCUT2D eigenvalue weighted by molar-refractivity contribution is 0.0918. The molecular formula is C15H14O3. The molecular weight excluding hydrogens is 228 g/mol. The maximum Gasteiger partial charge on any atom is 0.203 e. The van der Waals surface area contributed by atoms with E-state index in [-0.39, 0.29) is 23.7 Å². The minimum Gasteiger partial charge on any atom is -0.507 e. The van der Waals surface area contributed by atoms with Crippen molar-refractivity contribution in [1.29, 1.82) is 0 Å². The zero-order chi connectivity index (χ0) is 13.0. The Morgan fingerprint density at radius 2 is 1.78 bits per heavy atom. The summed E-state index contributed by atoms with van der Waals surface area (Å²) in [5.41, 5.74) is 1.26. The monoisotopic (exact) mass is 242 g/mol. The number of benzene rings is 2. The zero-order valence-corrected chi connectivity index (χ0v) is 10.1. The number of aryl methyl sites for hydroxylation is 1. The van der Waals surface area contributed by atoms with Gasteiger partial charge in [0.05, 0.1) is 5.56 Å². The van der Waals surface area contributed by atoms with E-state index in [9.17, 15) is 9.90 Å². The molecule has 0 bridgehead atoms. The van der Waals surface area contributed by atoms with Gasteiger partial charge in [-0.1, -0.05) is 30.3 Å². The van der Waals surface area contributed by atoms with Crippen molar-refractivity contribution in [3.63, 3.8) is 0 Å². The molecule has 3 heteroatoms. The Labute approximate surface area is 106 Å². The van der Waals surface area contributed by atoms with Crippen LogP contribution in [0.3, 0.4) is 0 Å². The minimum absolute atomic E-state index is 0.0177. The predicted molar refractivity (Wildman–Crippen MR) is 69.1 cm³/mol. The summed E-state index contributed by atoms with van der Waals surface area (Å²) in [5.74, 6) is 0.425. The first-order valence-corrected chi connectivity index (χ1v) is 5.68. The molecule has 2 aromatic rings. The van der Waals surface area contributed by atoms with Gasteiger partial charge in [-0.25, -0.2) is 0 Å². The fourth-order valence-electron chi connectivity index (χ4n) is 1.65. The van der Waals surface area contributed by atoms with Crippen molar-refractivity contribution in [3.8, 4) is 11.5 Å². The van der Waals surface area contributed by atoms with Crippen molar-refractivity contribution in [3.05, 3.63) is 59.7 Å². The maximum absolute atomic E-state index is 11.9. The van der Waals surface area contributed by atoms with Gasteiger partial charge in [-0.3, -0.25) is 4.79 Å². The largest absolute Gasteiger partial charge is 0.507 e. The molecule has 3 nitrogen and oxygen atoms in total. The third kappa shape index (κ3) is 2.69. The van der Waals surface area contributed by atoms with Crippen LogP contribution in [-0.2, 0) is 0 Å². The minimum atomic E-state index is -0.239. The molecule has 18 heavy (non-hydrogen) atoms. The molecule has 0 unspecified atom stereocenters. The quantitative estimate of drug-likeness (QED) is 0.838. The van der Waals surface area contributed by atoms with Gasteiger partial charge < -0.3 is 9.84 Å². The molecule has 0 heterocycles. The molecule has 0 spiro atoms. The van der Waals surface area contributed by atoms with E-state index in [1.54, 1.807) is 18.2 Å². The van der Waals surface area contributed by atoms with Crippen LogP contribution in [0.2, 0.25) is 0 Å². The Bertz CT molecular complexity index is 561. The Morgan fingerprint density at radius 1 is 1.11 bits per heavy atom. The Balaban J connectivity index is 2.06. The van der Waals surface area contributed by atoms with Gasteiger partial charge in [0.1, 0.15) is 11.5 Å². The second-order valence-electron chi connectivity index (χ2n) is 3.99. The lowest BCUT2D eigenvalue weighted by Gasteiger charge is -2.08. The van der Waals surface area contributed by atoms with Crippen molar-refractivity contribution in [1.82, 2.24) is 0 Å². The number of phenolic OH excluding ortho intramolecular Hbond substituents is 1. The number of hydrogen-bond acceptors (Lipinski definition) is 3. The van der Waals surface area contributed by atoms with Crippen LogP contribution in [0.15, 0.2) is 48.5 Å². The van der Waals surface area contributed by atoms with Gasteiger partial charge in [0.25, 0.3) is 0 Å². The number of Topliss-reactive ketones (excluding diaryl/α,β-unsaturated/α-hetero) is 1. The normalized spacial score (nSPS) is 10.1. The number of aromatic hydroxyl groups is 1. The summed E-state index contributed by atoms with van der Waals surface area (Å²) in [6, 6.07) is 13.9. The topological polar surface area (TPSA) is 46.5 Å². The van der Waals surface area contributed by atoms with E-state index in [2.05, 4.69) is 0 Å². The summed E-state index contributed by atoms with van der Waals surface area (Å²) < 4.78 is 5.45. The first kappa shape index (κ1) is 12.2. The van der Waals surface area contributed by atoms with Gasteiger partial charge in [0, 0.05) is 0 Å². The molecule has 92 valence electrons. The van der Waals surface area contributed by atoms with Crippen LogP contribution in [0.5, 0.6) is 11.5 Å². The molecule has 1 N–H and O–H groups in total. The van der Waals surface area contributed by atoms with E-state index in [0.717, 1.165) is 5.56 Å². The Morgan fingerprint density at radius 3 is 2.50 bits per heavy atom. The van der Waals surface area contributed by atoms with Crippen LogP contribution >= 0.6 is 0 Å². The zero-order valence-electron chi connectivity index (χ0n) is 10.1. The summed E-state index contributed by atoms with van der Waals surface area (Å²) in [7, 11) is 0. The van der Waals surface area contributed by atoms with Crippen molar-refractivity contribution in [2.24, 2.45) is 0 Å². The summed E-state index contributed by atoms with van der Waals surface area (Å²) in [4.78, 5) is 11.9. The van der Waals surface area contributed by atoms with Crippen LogP contribution in [0.1, 0.15) is 15.9 Å². The van der Waals surface area contributed by atoms with Gasteiger partial charge in [-0.15, -0.1) is 0 Å². The number of ketones is 1. The SMILES string of the molecule is Cc1ccccc1OCC(=O)c1ccccc1O. The van der Waals surface area contributed by atoms with Crippen LogP contribution in [0, 0.1) is 6.92 Å². The molecule has 0 saturated heterocycles. The molecule has 0 aromatic heterocycles. The van der Waals surface area contributed by atoms with Crippen molar-refractivity contribution >= 4 is 5.78 Å². The number of rotatable bonds is 4. The number of carbonyl (C=O) groups excluding carboxylic acids is 1. The lowest BCUT2D eigenvalue weighted by atomic mass is 10.1. The summed E-state index contributed by atoms with van der Waals surface area (Å²) in [5, 5.41) is 9.56. The van der Waals surface area contributed by atoms with Crippen LogP contribution in [0.25, 0.3) is 0 Å². The van der Waals surface area contributed by atoms with Gasteiger partial charge in [0.2, 0.25) is 5.78 Å². The summed E-state index contributed by atoms with van der Waals surface area (Å²) in [6.45, 7) is 1.84. The van der Waals surface area contributed by atoms with Gasteiger partial charge in [-0.05, 0) is 30.7 Å². The van der Waals surface area contributed by atoms with E-state index in [1.165, 1.54) is 6.07 Å². The van der Waals surface area contributed by atoms with E-state index >= 15 is 0 Å². The van der Waals surface area contributed by atoms with Crippen LogP contribution < -0.4 is 4.74 Å². The first-order valence-electron chi connectivity index (χ1n) is 5.68. The lowest BCUT2D eigenvalue weighted by Crippen LogP contribution is -2.12. The standard InChI is InChI=1S/C15H14O3/c1-11-6-2-5-9-15(11)18-10-14(17)12-7-3-4-8-13(12)16/h2-9,16H,10H2,1H3. The van der Waals surface area contributed by atoms with E-state index in [1.807, 2.05) is 31.2 Å². The van der Waals surface area contributed by atoms with Crippen LogP contribution in [0.4, 0.5) is 0 Å². The number of carbonyl (C=O) groups is 1. The third-order valence-corrected chi connectivity index (χ3v) is 2.66. The summed E-state index contributed by atoms with van der Waals surface area (Å²) in [6.07, 6.45) is 0. The highest BCUT2D eigenvalue weighted by Crippen LogP contribution is 2.19. The van der Waals surface area contributed by atoms with E-state index < -0.39 is 0 Å². The fourth-order valence-corrected chi connectivity index (χ4v) is 1.65. The second-order valence-corrected chi connectivity index (χ2v) is 3.99. The number of ether oxygens (including phenoxy) is 1. The molecule has 2 rings (SSSR count). The Kier molecular flexibility index (Phi) is 3.63. The summed E-state index contributed by atoms with van der Waals surface area (Å²) >= 11 is 0. The van der Waals surface area contributed by atoms with Crippen molar-refractivity contribution < 1.29 is 14.6 Å². The second kappa shape index (κ2) is 5.36. The first-order chi connectivity index (χ1) is 8.68. The molecule has 0 aliphatic heterocycles. The molecule has 0 aliphatic carbocycles. The molecule has 0 saturated carbocycles. The highest BCUT2D eigenvalue weighted by molar-refractivity contribution is 5.99. The van der Waals surface area contributed by atoms with Crippen molar-refractivity contribution in [2.75, 3.05) is 6.61 Å². The molecule has 0 amide bonds. The molecule has 0 atom stereocenters. The van der Waals surface area contributed by atoms with Gasteiger partial charge in [-0.2, -0.15) is 0 Å². The fraction of sp³-hybridized carbons (Fsp3) is 0.133. The maximum atomic E-state index is 11.9. The molecule has 2 aromatic carbocycles. The highest BCUT2D eigenvalue weighted by Gasteiger charge is 2.11. The molecule has 0 fully saturated rings. The number of hydrogen-bond donors (Lipinski definition) is 1. The third-order valence-electron chi connectivity index (χ3n) is 2.66. The smallest absolute Gasteiger partial charge is 0.203 e. The average molecular weight is 242 g/mol. The van der Waals surface area contributed by atoms with Crippen molar-refractivity contribution in [2.45, 2.75) is 6.92 Å². The van der Waals surface area contributed by atoms with E-state index in [4.69, 9.17) is 4.74 Å². The van der Waals surface area contributed by atoms with Gasteiger partial charge >= 0.3 is 0 Å². The molecule has 0 aliphatic rings. The number of para-hydroxylation sites is 2. The predicted octanol–water partition coefficient (Wildman–Crippen LogP) is 2.96. The van der Waals surface area contributed by atoms with Crippen LogP contribution in [-0.4, -0.2) is 17.5 Å². The number of phenols is 1. The highest BCUT2D eigenvalue weighted by atomic mass is 16.5. The van der Waals surface area contributed by atoms with E-state index in [0.29, 0.717) is 5.75 Å². The Hall–Kier alpha value is -2.29. The average Bonchev–Trinajstić information content (AvgIpc) is 2.38. The van der Waals surface area contributed by atoms with Gasteiger partial charge in [0.15, 0.2) is 6.61 Å². The molecule has 0 radical (unpaired) electrons.